The van der Waals surface area contributed by atoms with E-state index < -0.39 is 23.8 Å². The quantitative estimate of drug-likeness (QED) is 0.638. The maximum absolute atomic E-state index is 11.9. The van der Waals surface area contributed by atoms with Crippen LogP contribution in [-0.4, -0.2) is 23.8 Å². The smallest absolute Gasteiger partial charge is 0.249 e. The lowest BCUT2D eigenvalue weighted by Gasteiger charge is -2.17. The molecule has 0 heterocycles. The topological polar surface area (TPSA) is 115 Å². The van der Waals surface area contributed by atoms with Crippen LogP contribution in [0.2, 0.25) is 0 Å². The summed E-state index contributed by atoms with van der Waals surface area (Å²) >= 11 is 0. The summed E-state index contributed by atoms with van der Waals surface area (Å²) in [5.74, 6) is -2.36. The second kappa shape index (κ2) is 6.39. The van der Waals surface area contributed by atoms with Crippen molar-refractivity contribution in [1.82, 2.24) is 5.32 Å². The number of benzene rings is 1. The van der Waals surface area contributed by atoms with Gasteiger partial charge in [-0.25, -0.2) is 0 Å². The highest BCUT2D eigenvalue weighted by molar-refractivity contribution is 6.05. The first-order valence-corrected chi connectivity index (χ1v) is 6.96. The predicted molar refractivity (Wildman–Crippen MR) is 77.1 cm³/mol. The highest BCUT2D eigenvalue weighted by Crippen LogP contribution is 2.22. The first-order valence-electron chi connectivity index (χ1n) is 6.96. The molecular weight excluding hydrogens is 270 g/mol. The van der Waals surface area contributed by atoms with Gasteiger partial charge in [0.15, 0.2) is 6.04 Å². The Kier molecular flexibility index (Phi) is 4.57. The van der Waals surface area contributed by atoms with Gasteiger partial charge in [-0.2, -0.15) is 0 Å². The van der Waals surface area contributed by atoms with Crippen molar-refractivity contribution in [3.63, 3.8) is 0 Å². The van der Waals surface area contributed by atoms with Crippen molar-refractivity contribution < 1.29 is 14.4 Å². The Labute approximate surface area is 122 Å². The third-order valence-corrected chi connectivity index (χ3v) is 3.65. The summed E-state index contributed by atoms with van der Waals surface area (Å²) < 4.78 is 0. The van der Waals surface area contributed by atoms with Crippen molar-refractivity contribution in [3.05, 3.63) is 34.9 Å². The van der Waals surface area contributed by atoms with E-state index in [-0.39, 0.29) is 6.42 Å². The van der Waals surface area contributed by atoms with Gasteiger partial charge in [0, 0.05) is 0 Å². The predicted octanol–water partition coefficient (Wildman–Crippen LogP) is -0.437. The molecule has 0 bridgehead atoms. The van der Waals surface area contributed by atoms with Crippen LogP contribution in [0, 0.1) is 0 Å². The van der Waals surface area contributed by atoms with Gasteiger partial charge < -0.3 is 16.8 Å². The lowest BCUT2D eigenvalue weighted by Crippen LogP contribution is -2.52. The van der Waals surface area contributed by atoms with Crippen LogP contribution in [0.15, 0.2) is 18.2 Å². The molecule has 5 N–H and O–H groups in total. The first-order chi connectivity index (χ1) is 9.97. The van der Waals surface area contributed by atoms with Crippen LogP contribution in [0.4, 0.5) is 0 Å². The van der Waals surface area contributed by atoms with Gasteiger partial charge in [-0.05, 0) is 42.4 Å². The Hall–Kier alpha value is -2.37. The molecular formula is C15H19N3O3. The number of hydrogen-bond acceptors (Lipinski definition) is 3. The minimum Gasteiger partial charge on any atom is -0.367 e. The third kappa shape index (κ3) is 3.81. The number of hydrogen-bond donors (Lipinski definition) is 3. The zero-order valence-corrected chi connectivity index (χ0v) is 11.7. The lowest BCUT2D eigenvalue weighted by molar-refractivity contribution is -0.133. The molecule has 3 amide bonds. The molecule has 0 spiro atoms. The van der Waals surface area contributed by atoms with E-state index in [4.69, 9.17) is 11.5 Å². The average molecular weight is 289 g/mol. The van der Waals surface area contributed by atoms with Crippen molar-refractivity contribution >= 4 is 17.7 Å². The molecule has 0 unspecified atom stereocenters. The zero-order valence-electron chi connectivity index (χ0n) is 11.7. The largest absolute Gasteiger partial charge is 0.367 e. The molecule has 0 saturated carbocycles. The molecule has 1 aromatic carbocycles. The normalized spacial score (nSPS) is 13.6. The second-order valence-corrected chi connectivity index (χ2v) is 5.29. The van der Waals surface area contributed by atoms with Gasteiger partial charge in [-0.1, -0.05) is 18.2 Å². The number of amides is 3. The fraction of sp³-hybridized carbons (Fsp3) is 0.400. The van der Waals surface area contributed by atoms with Crippen LogP contribution < -0.4 is 16.8 Å². The Bertz CT molecular complexity index is 570. The Morgan fingerprint density at radius 1 is 1.05 bits per heavy atom. The van der Waals surface area contributed by atoms with E-state index in [1.807, 2.05) is 18.2 Å². The molecule has 6 nitrogen and oxygen atoms in total. The molecule has 0 atom stereocenters. The number of nitrogens with two attached hydrogens (primary N) is 2. The average Bonchev–Trinajstić information content (AvgIpc) is 2.44. The highest BCUT2D eigenvalue weighted by Gasteiger charge is 2.23. The summed E-state index contributed by atoms with van der Waals surface area (Å²) in [5.41, 5.74) is 13.5. The monoisotopic (exact) mass is 289 g/mol. The minimum absolute atomic E-state index is 0.0876. The Morgan fingerprint density at radius 2 is 1.67 bits per heavy atom. The molecule has 21 heavy (non-hydrogen) atoms. The van der Waals surface area contributed by atoms with Gasteiger partial charge in [0.1, 0.15) is 0 Å². The van der Waals surface area contributed by atoms with E-state index in [1.54, 1.807) is 0 Å². The van der Waals surface area contributed by atoms with E-state index in [1.165, 1.54) is 17.5 Å². The SMILES string of the molecule is NC(=O)C(NC(=O)Cc1ccc2c(c1)CCCC2)C(N)=O. The maximum atomic E-state index is 11.9. The van der Waals surface area contributed by atoms with Gasteiger partial charge in [-0.15, -0.1) is 0 Å². The number of nitrogens with one attached hydrogen (secondary N) is 1. The van der Waals surface area contributed by atoms with Crippen LogP contribution in [0.25, 0.3) is 0 Å². The second-order valence-electron chi connectivity index (χ2n) is 5.29. The van der Waals surface area contributed by atoms with E-state index in [0.29, 0.717) is 0 Å². The molecule has 6 heteroatoms. The molecule has 0 radical (unpaired) electrons. The summed E-state index contributed by atoms with van der Waals surface area (Å²) in [5, 5.41) is 2.26. The molecule has 1 aliphatic rings. The fourth-order valence-corrected chi connectivity index (χ4v) is 2.58. The summed E-state index contributed by atoms with van der Waals surface area (Å²) in [7, 11) is 0. The van der Waals surface area contributed by atoms with Crippen molar-refractivity contribution in [2.24, 2.45) is 11.5 Å². The number of rotatable bonds is 5. The van der Waals surface area contributed by atoms with Gasteiger partial charge in [-0.3, -0.25) is 14.4 Å². The summed E-state index contributed by atoms with van der Waals surface area (Å²) in [6.45, 7) is 0. The van der Waals surface area contributed by atoms with Crippen LogP contribution >= 0.6 is 0 Å². The Morgan fingerprint density at radius 3 is 2.29 bits per heavy atom. The number of fused-ring (bicyclic) bond motifs is 1. The summed E-state index contributed by atoms with van der Waals surface area (Å²) in [6.07, 6.45) is 4.55. The molecule has 0 aliphatic heterocycles. The number of aryl methyl sites for hydroxylation is 2. The lowest BCUT2D eigenvalue weighted by atomic mass is 9.90. The van der Waals surface area contributed by atoms with E-state index >= 15 is 0 Å². The van der Waals surface area contributed by atoms with E-state index in [2.05, 4.69) is 5.32 Å². The molecule has 0 aromatic heterocycles. The van der Waals surface area contributed by atoms with Crippen LogP contribution in [0.1, 0.15) is 29.5 Å². The molecule has 2 rings (SSSR count). The molecule has 1 aromatic rings. The van der Waals surface area contributed by atoms with E-state index in [0.717, 1.165) is 24.8 Å². The van der Waals surface area contributed by atoms with Gasteiger partial charge in [0.2, 0.25) is 17.7 Å². The summed E-state index contributed by atoms with van der Waals surface area (Å²) in [6, 6.07) is 4.48. The maximum Gasteiger partial charge on any atom is 0.249 e. The molecule has 0 saturated heterocycles. The number of carbonyl (C=O) groups is 3. The van der Waals surface area contributed by atoms with E-state index in [9.17, 15) is 14.4 Å². The first kappa shape index (κ1) is 15.0. The zero-order chi connectivity index (χ0) is 15.4. The van der Waals surface area contributed by atoms with Gasteiger partial charge >= 0.3 is 0 Å². The van der Waals surface area contributed by atoms with Crippen molar-refractivity contribution in [3.8, 4) is 0 Å². The highest BCUT2D eigenvalue weighted by atomic mass is 16.2. The van der Waals surface area contributed by atoms with Crippen LogP contribution in [-0.2, 0) is 33.6 Å². The summed E-state index contributed by atoms with van der Waals surface area (Å²) in [4.78, 5) is 33.9. The molecule has 112 valence electrons. The standard InChI is InChI=1S/C15H19N3O3/c16-14(20)13(15(17)21)18-12(19)8-9-5-6-10-3-1-2-4-11(10)7-9/h5-7,13H,1-4,8H2,(H2,16,20)(H2,17,21)(H,18,19). The van der Waals surface area contributed by atoms with Gasteiger partial charge in [0.05, 0.1) is 6.42 Å². The van der Waals surface area contributed by atoms with Crippen molar-refractivity contribution in [2.75, 3.05) is 0 Å². The van der Waals surface area contributed by atoms with Crippen molar-refractivity contribution in [2.45, 2.75) is 38.1 Å². The van der Waals surface area contributed by atoms with Crippen LogP contribution in [0.3, 0.4) is 0 Å². The molecule has 1 aliphatic carbocycles. The van der Waals surface area contributed by atoms with Crippen molar-refractivity contribution in [1.29, 1.82) is 0 Å². The van der Waals surface area contributed by atoms with Gasteiger partial charge in [0.25, 0.3) is 0 Å². The number of primary amides is 2. The third-order valence-electron chi connectivity index (χ3n) is 3.65. The van der Waals surface area contributed by atoms with Crippen LogP contribution in [0.5, 0.6) is 0 Å². The Balaban J connectivity index is 2.02. The molecule has 0 fully saturated rings. The minimum atomic E-state index is -1.46. The fourth-order valence-electron chi connectivity index (χ4n) is 2.58. The number of carbonyl (C=O) groups excluding carboxylic acids is 3.